The molecule has 1 aromatic heterocycles. The lowest BCUT2D eigenvalue weighted by atomic mass is 10.2. The minimum atomic E-state index is -0.279. The van der Waals surface area contributed by atoms with Crippen LogP contribution in [0.15, 0.2) is 48.7 Å². The van der Waals surface area contributed by atoms with Gasteiger partial charge < -0.3 is 20.1 Å². The fraction of sp³-hybridized carbons (Fsp3) is 0.300. The summed E-state index contributed by atoms with van der Waals surface area (Å²) < 4.78 is 7.42. The number of urea groups is 1. The number of rotatable bonds is 7. The number of fused-ring (bicyclic) bond motifs is 1. The number of aryl methyl sites for hydroxylation is 1. The molecule has 0 atom stereocenters. The topological polar surface area (TPSA) is 79.6 Å². The summed E-state index contributed by atoms with van der Waals surface area (Å²) in [6.07, 6.45) is 1.76. The number of aliphatic hydroxyl groups is 1. The summed E-state index contributed by atoms with van der Waals surface area (Å²) in [4.78, 5) is 14.3. The summed E-state index contributed by atoms with van der Waals surface area (Å²) in [6.45, 7) is 2.92. The second-order valence-electron chi connectivity index (χ2n) is 6.16. The van der Waals surface area contributed by atoms with Gasteiger partial charge in [0.15, 0.2) is 0 Å². The van der Waals surface area contributed by atoms with Gasteiger partial charge in [-0.15, -0.1) is 0 Å². The van der Waals surface area contributed by atoms with Crippen LogP contribution >= 0.6 is 0 Å². The normalized spacial score (nSPS) is 10.8. The van der Waals surface area contributed by atoms with Crippen LogP contribution in [0.25, 0.3) is 10.9 Å². The van der Waals surface area contributed by atoms with E-state index in [2.05, 4.69) is 10.4 Å². The Morgan fingerprint density at radius 2 is 2.11 bits per heavy atom. The number of carbonyl (C=O) groups is 1. The molecule has 0 spiro atoms. The standard InChI is InChI=1S/C20H24N4O3/c1-3-27-19-7-5-4-6-15(19)14-24(10-11-25)20(26)22-17-8-9-18-16(12-17)13-21-23(18)2/h4-9,12-13,25H,3,10-11,14H2,1-2H3,(H,22,26). The molecule has 0 saturated carbocycles. The van der Waals surface area contributed by atoms with Gasteiger partial charge in [-0.1, -0.05) is 18.2 Å². The van der Waals surface area contributed by atoms with Gasteiger partial charge >= 0.3 is 6.03 Å². The van der Waals surface area contributed by atoms with Crippen molar-refractivity contribution in [3.63, 3.8) is 0 Å². The quantitative estimate of drug-likeness (QED) is 0.672. The lowest BCUT2D eigenvalue weighted by Crippen LogP contribution is -2.36. The molecule has 0 saturated heterocycles. The molecule has 1 heterocycles. The first-order valence-electron chi connectivity index (χ1n) is 8.91. The highest BCUT2D eigenvalue weighted by Gasteiger charge is 2.16. The molecule has 2 N–H and O–H groups in total. The molecule has 27 heavy (non-hydrogen) atoms. The van der Waals surface area contributed by atoms with Gasteiger partial charge in [0.05, 0.1) is 31.5 Å². The summed E-state index contributed by atoms with van der Waals surface area (Å²) in [6, 6.07) is 13.0. The van der Waals surface area contributed by atoms with Crippen molar-refractivity contribution in [2.45, 2.75) is 13.5 Å². The van der Waals surface area contributed by atoms with E-state index in [1.54, 1.807) is 15.8 Å². The third-order valence-electron chi connectivity index (χ3n) is 4.29. The maximum atomic E-state index is 12.8. The van der Waals surface area contributed by atoms with Gasteiger partial charge in [0, 0.05) is 30.2 Å². The van der Waals surface area contributed by atoms with Gasteiger partial charge in [0.1, 0.15) is 5.75 Å². The molecule has 2 aromatic carbocycles. The van der Waals surface area contributed by atoms with E-state index in [1.165, 1.54) is 0 Å². The zero-order valence-electron chi connectivity index (χ0n) is 15.6. The number of benzene rings is 2. The van der Waals surface area contributed by atoms with Crippen LogP contribution in [-0.4, -0.2) is 45.6 Å². The van der Waals surface area contributed by atoms with Crippen molar-refractivity contribution >= 4 is 22.6 Å². The van der Waals surface area contributed by atoms with E-state index in [-0.39, 0.29) is 19.2 Å². The molecule has 2 amide bonds. The molecule has 0 radical (unpaired) electrons. The first kappa shape index (κ1) is 18.7. The first-order valence-corrected chi connectivity index (χ1v) is 8.91. The van der Waals surface area contributed by atoms with Crippen LogP contribution in [0.2, 0.25) is 0 Å². The Kier molecular flexibility index (Phi) is 5.93. The van der Waals surface area contributed by atoms with Crippen LogP contribution in [0.5, 0.6) is 5.75 Å². The number of carbonyl (C=O) groups excluding carboxylic acids is 1. The molecule has 7 heteroatoms. The van der Waals surface area contributed by atoms with Crippen molar-refractivity contribution in [3.8, 4) is 5.75 Å². The maximum Gasteiger partial charge on any atom is 0.322 e. The van der Waals surface area contributed by atoms with E-state index >= 15 is 0 Å². The van der Waals surface area contributed by atoms with Crippen LogP contribution in [0.3, 0.4) is 0 Å². The Morgan fingerprint density at radius 3 is 2.89 bits per heavy atom. The molecular weight excluding hydrogens is 344 g/mol. The molecule has 3 aromatic rings. The SMILES string of the molecule is CCOc1ccccc1CN(CCO)C(=O)Nc1ccc2c(cnn2C)c1. The Bertz CT molecular complexity index is 922. The molecular formula is C20H24N4O3. The number of nitrogens with zero attached hydrogens (tertiary/aromatic N) is 3. The Labute approximate surface area is 158 Å². The fourth-order valence-electron chi connectivity index (χ4n) is 2.95. The second-order valence-corrected chi connectivity index (χ2v) is 6.16. The molecule has 142 valence electrons. The Balaban J connectivity index is 1.76. The average Bonchev–Trinajstić information content (AvgIpc) is 3.03. The molecule has 3 rings (SSSR count). The maximum absolute atomic E-state index is 12.8. The predicted octanol–water partition coefficient (Wildman–Crippen LogP) is 3.00. The van der Waals surface area contributed by atoms with E-state index in [0.717, 1.165) is 22.2 Å². The molecule has 0 unspecified atom stereocenters. The summed E-state index contributed by atoms with van der Waals surface area (Å²) in [5, 5.41) is 17.4. The number of hydrogen-bond donors (Lipinski definition) is 2. The van der Waals surface area contributed by atoms with Crippen LogP contribution in [-0.2, 0) is 13.6 Å². The second kappa shape index (κ2) is 8.55. The van der Waals surface area contributed by atoms with Crippen LogP contribution in [0.1, 0.15) is 12.5 Å². The summed E-state index contributed by atoms with van der Waals surface area (Å²) >= 11 is 0. The highest BCUT2D eigenvalue weighted by Crippen LogP contribution is 2.22. The molecule has 0 aliphatic carbocycles. The number of amides is 2. The number of nitrogens with one attached hydrogen (secondary N) is 1. The zero-order valence-corrected chi connectivity index (χ0v) is 15.6. The third kappa shape index (κ3) is 4.38. The van der Waals surface area contributed by atoms with Crippen LogP contribution in [0, 0.1) is 0 Å². The summed E-state index contributed by atoms with van der Waals surface area (Å²) in [5.41, 5.74) is 2.57. The molecule has 0 aliphatic rings. The number of anilines is 1. The van der Waals surface area contributed by atoms with Crippen molar-refractivity contribution in [1.29, 1.82) is 0 Å². The van der Waals surface area contributed by atoms with E-state index in [4.69, 9.17) is 4.74 Å². The number of hydrogen-bond acceptors (Lipinski definition) is 4. The van der Waals surface area contributed by atoms with Crippen molar-refractivity contribution in [2.75, 3.05) is 25.1 Å². The van der Waals surface area contributed by atoms with Gasteiger partial charge in [-0.2, -0.15) is 5.10 Å². The first-order chi connectivity index (χ1) is 13.1. The minimum Gasteiger partial charge on any atom is -0.494 e. The summed E-state index contributed by atoms with van der Waals surface area (Å²) in [5.74, 6) is 0.743. The Morgan fingerprint density at radius 1 is 1.30 bits per heavy atom. The van der Waals surface area contributed by atoms with E-state index in [1.807, 2.05) is 56.4 Å². The van der Waals surface area contributed by atoms with Crippen LogP contribution < -0.4 is 10.1 Å². The van der Waals surface area contributed by atoms with E-state index in [0.29, 0.717) is 18.8 Å². The third-order valence-corrected chi connectivity index (χ3v) is 4.29. The van der Waals surface area contributed by atoms with Gasteiger partial charge in [-0.3, -0.25) is 4.68 Å². The van der Waals surface area contributed by atoms with E-state index < -0.39 is 0 Å². The lowest BCUT2D eigenvalue weighted by Gasteiger charge is -2.23. The highest BCUT2D eigenvalue weighted by atomic mass is 16.5. The molecule has 0 bridgehead atoms. The lowest BCUT2D eigenvalue weighted by molar-refractivity contribution is 0.184. The van der Waals surface area contributed by atoms with Crippen molar-refractivity contribution in [2.24, 2.45) is 7.05 Å². The van der Waals surface area contributed by atoms with Gasteiger partial charge in [0.2, 0.25) is 0 Å². The van der Waals surface area contributed by atoms with Gasteiger partial charge in [-0.25, -0.2) is 4.79 Å². The van der Waals surface area contributed by atoms with E-state index in [9.17, 15) is 9.90 Å². The van der Waals surface area contributed by atoms with Crippen molar-refractivity contribution < 1.29 is 14.6 Å². The minimum absolute atomic E-state index is 0.119. The number of para-hydroxylation sites is 1. The zero-order chi connectivity index (χ0) is 19.2. The van der Waals surface area contributed by atoms with Crippen molar-refractivity contribution in [1.82, 2.24) is 14.7 Å². The molecule has 0 fully saturated rings. The molecule has 7 nitrogen and oxygen atoms in total. The number of aliphatic hydroxyl groups excluding tert-OH is 1. The number of aromatic nitrogens is 2. The average molecular weight is 368 g/mol. The van der Waals surface area contributed by atoms with Crippen molar-refractivity contribution in [3.05, 3.63) is 54.2 Å². The Hall–Kier alpha value is -3.06. The molecule has 0 aliphatic heterocycles. The van der Waals surface area contributed by atoms with Gasteiger partial charge in [-0.05, 0) is 31.2 Å². The van der Waals surface area contributed by atoms with Crippen LogP contribution in [0.4, 0.5) is 10.5 Å². The predicted molar refractivity (Wildman–Crippen MR) is 105 cm³/mol. The smallest absolute Gasteiger partial charge is 0.322 e. The van der Waals surface area contributed by atoms with Gasteiger partial charge in [0.25, 0.3) is 0 Å². The monoisotopic (exact) mass is 368 g/mol. The summed E-state index contributed by atoms with van der Waals surface area (Å²) in [7, 11) is 1.87. The fourth-order valence-corrected chi connectivity index (χ4v) is 2.95. The number of ether oxygens (including phenoxy) is 1. The largest absolute Gasteiger partial charge is 0.494 e. The highest BCUT2D eigenvalue weighted by molar-refractivity contribution is 5.92.